The minimum absolute atomic E-state index is 0.0576. The van der Waals surface area contributed by atoms with E-state index in [0.29, 0.717) is 17.7 Å². The Kier molecular flexibility index (Phi) is 2.84. The predicted octanol–water partition coefficient (Wildman–Crippen LogP) is 1.89. The highest BCUT2D eigenvalue weighted by molar-refractivity contribution is 7.92. The fraction of sp³-hybridized carbons (Fsp3) is 0.417. The summed E-state index contributed by atoms with van der Waals surface area (Å²) in [4.78, 5) is 11.5. The Balaban J connectivity index is 2.40. The zero-order valence-corrected chi connectivity index (χ0v) is 9.96. The third kappa shape index (κ3) is 1.89. The monoisotopic (exact) mass is 238 g/mol. The Morgan fingerprint density at radius 3 is 2.50 bits per heavy atom. The summed E-state index contributed by atoms with van der Waals surface area (Å²) in [6.07, 6.45) is 1.04. The van der Waals surface area contributed by atoms with E-state index < -0.39 is 15.1 Å². The maximum Gasteiger partial charge on any atom is 0.181 e. The molecule has 0 radical (unpaired) electrons. The smallest absolute Gasteiger partial charge is 0.181 e. The fourth-order valence-electron chi connectivity index (χ4n) is 2.10. The normalized spacial score (nSPS) is 21.3. The summed E-state index contributed by atoms with van der Waals surface area (Å²) < 4.78 is 24.5. The molecule has 1 unspecified atom stereocenters. The van der Waals surface area contributed by atoms with Crippen molar-refractivity contribution >= 4 is 15.6 Å². The van der Waals surface area contributed by atoms with Crippen LogP contribution in [0.5, 0.6) is 0 Å². The predicted molar refractivity (Wildman–Crippen MR) is 61.0 cm³/mol. The van der Waals surface area contributed by atoms with E-state index in [-0.39, 0.29) is 12.2 Å². The van der Waals surface area contributed by atoms with Crippen LogP contribution in [0.1, 0.15) is 24.8 Å². The molecule has 1 aromatic carbocycles. The third-order valence-corrected chi connectivity index (χ3v) is 5.39. The van der Waals surface area contributed by atoms with Crippen LogP contribution in [0.4, 0.5) is 0 Å². The molecule has 1 aromatic rings. The maximum absolute atomic E-state index is 12.2. The SMILES string of the molecule is Cc1ccccc1S(=O)(=O)C1CCC(=O)C1. The van der Waals surface area contributed by atoms with Gasteiger partial charge in [0, 0.05) is 12.8 Å². The van der Waals surface area contributed by atoms with E-state index in [1.165, 1.54) is 0 Å². The summed E-state index contributed by atoms with van der Waals surface area (Å²) in [5, 5.41) is -0.513. The van der Waals surface area contributed by atoms with Gasteiger partial charge >= 0.3 is 0 Å². The number of ketones is 1. The number of rotatable bonds is 2. The number of carbonyl (C=O) groups is 1. The summed E-state index contributed by atoms with van der Waals surface area (Å²) in [6, 6.07) is 6.93. The van der Waals surface area contributed by atoms with Crippen LogP contribution in [0, 0.1) is 6.92 Å². The minimum Gasteiger partial charge on any atom is -0.300 e. The molecule has 2 rings (SSSR count). The third-order valence-electron chi connectivity index (χ3n) is 3.04. The van der Waals surface area contributed by atoms with Crippen molar-refractivity contribution in [2.75, 3.05) is 0 Å². The number of hydrogen-bond donors (Lipinski definition) is 0. The Morgan fingerprint density at radius 2 is 1.94 bits per heavy atom. The minimum atomic E-state index is -3.32. The zero-order valence-electron chi connectivity index (χ0n) is 9.14. The number of sulfone groups is 1. The van der Waals surface area contributed by atoms with Gasteiger partial charge < -0.3 is 0 Å². The van der Waals surface area contributed by atoms with E-state index in [4.69, 9.17) is 0 Å². The average molecular weight is 238 g/mol. The number of carbonyl (C=O) groups excluding carboxylic acids is 1. The van der Waals surface area contributed by atoms with Gasteiger partial charge in [-0.1, -0.05) is 18.2 Å². The molecule has 86 valence electrons. The van der Waals surface area contributed by atoms with Crippen LogP contribution in [0.2, 0.25) is 0 Å². The second-order valence-electron chi connectivity index (χ2n) is 4.21. The first-order chi connectivity index (χ1) is 7.51. The fourth-order valence-corrected chi connectivity index (χ4v) is 4.08. The van der Waals surface area contributed by atoms with Crippen molar-refractivity contribution < 1.29 is 13.2 Å². The van der Waals surface area contributed by atoms with E-state index >= 15 is 0 Å². The average Bonchev–Trinajstić information content (AvgIpc) is 2.66. The number of Topliss-reactive ketones (excluding diaryl/α,β-unsaturated/α-hetero) is 1. The Bertz CT molecular complexity index is 517. The molecule has 1 aliphatic carbocycles. The molecule has 0 saturated heterocycles. The molecule has 1 atom stereocenters. The van der Waals surface area contributed by atoms with Gasteiger partial charge in [-0.15, -0.1) is 0 Å². The molecular weight excluding hydrogens is 224 g/mol. The molecular formula is C12H14O3S. The highest BCUT2D eigenvalue weighted by Crippen LogP contribution is 2.29. The van der Waals surface area contributed by atoms with Crippen LogP contribution in [0.3, 0.4) is 0 Å². The van der Waals surface area contributed by atoms with Crippen molar-refractivity contribution in [3.63, 3.8) is 0 Å². The van der Waals surface area contributed by atoms with Crippen LogP contribution < -0.4 is 0 Å². The Morgan fingerprint density at radius 1 is 1.25 bits per heavy atom. The molecule has 0 heterocycles. The van der Waals surface area contributed by atoms with Gasteiger partial charge in [-0.2, -0.15) is 0 Å². The second-order valence-corrected chi connectivity index (χ2v) is 6.41. The zero-order chi connectivity index (χ0) is 11.8. The van der Waals surface area contributed by atoms with Gasteiger partial charge in [0.05, 0.1) is 10.1 Å². The molecule has 16 heavy (non-hydrogen) atoms. The molecule has 0 N–H and O–H groups in total. The van der Waals surface area contributed by atoms with E-state index in [2.05, 4.69) is 0 Å². The first-order valence-corrected chi connectivity index (χ1v) is 6.87. The molecule has 4 heteroatoms. The lowest BCUT2D eigenvalue weighted by Gasteiger charge is -2.12. The van der Waals surface area contributed by atoms with E-state index in [1.807, 2.05) is 6.07 Å². The summed E-state index contributed by atoms with van der Waals surface area (Å²) >= 11 is 0. The lowest BCUT2D eigenvalue weighted by Crippen LogP contribution is -2.19. The second kappa shape index (κ2) is 4.01. The van der Waals surface area contributed by atoms with Crippen molar-refractivity contribution in [3.05, 3.63) is 29.8 Å². The first kappa shape index (κ1) is 11.3. The number of aryl methyl sites for hydroxylation is 1. The van der Waals surface area contributed by atoms with Crippen LogP contribution in [0.25, 0.3) is 0 Å². The van der Waals surface area contributed by atoms with Crippen LogP contribution >= 0.6 is 0 Å². The molecule has 0 amide bonds. The van der Waals surface area contributed by atoms with Gasteiger partial charge in [0.25, 0.3) is 0 Å². The molecule has 3 nitrogen and oxygen atoms in total. The van der Waals surface area contributed by atoms with Crippen molar-refractivity contribution in [1.82, 2.24) is 0 Å². The molecule has 0 aliphatic heterocycles. The molecule has 1 aliphatic rings. The van der Waals surface area contributed by atoms with Crippen LogP contribution in [-0.4, -0.2) is 19.5 Å². The lowest BCUT2D eigenvalue weighted by molar-refractivity contribution is -0.117. The molecule has 0 aromatic heterocycles. The molecule has 0 bridgehead atoms. The van der Waals surface area contributed by atoms with Gasteiger partial charge in [-0.25, -0.2) is 8.42 Å². The van der Waals surface area contributed by atoms with Gasteiger partial charge in [-0.05, 0) is 25.0 Å². The number of hydrogen-bond acceptors (Lipinski definition) is 3. The quantitative estimate of drug-likeness (QED) is 0.790. The van der Waals surface area contributed by atoms with Crippen molar-refractivity contribution in [2.24, 2.45) is 0 Å². The van der Waals surface area contributed by atoms with Crippen LogP contribution in [-0.2, 0) is 14.6 Å². The topological polar surface area (TPSA) is 51.2 Å². The van der Waals surface area contributed by atoms with Crippen molar-refractivity contribution in [1.29, 1.82) is 0 Å². The summed E-state index contributed by atoms with van der Waals surface area (Å²) in [7, 11) is -3.32. The van der Waals surface area contributed by atoms with Gasteiger partial charge in [0.2, 0.25) is 0 Å². The summed E-state index contributed by atoms with van der Waals surface area (Å²) in [5.41, 5.74) is 0.752. The summed E-state index contributed by atoms with van der Waals surface area (Å²) in [5.74, 6) is 0.0576. The first-order valence-electron chi connectivity index (χ1n) is 5.33. The Labute approximate surface area is 95.4 Å². The highest BCUT2D eigenvalue weighted by atomic mass is 32.2. The maximum atomic E-state index is 12.2. The number of benzene rings is 1. The van der Waals surface area contributed by atoms with E-state index in [0.717, 1.165) is 5.56 Å². The van der Waals surface area contributed by atoms with E-state index in [1.54, 1.807) is 25.1 Å². The molecule has 1 saturated carbocycles. The van der Waals surface area contributed by atoms with Crippen molar-refractivity contribution in [2.45, 2.75) is 36.3 Å². The van der Waals surface area contributed by atoms with E-state index in [9.17, 15) is 13.2 Å². The molecule has 1 fully saturated rings. The summed E-state index contributed by atoms with van der Waals surface area (Å²) in [6.45, 7) is 1.78. The largest absolute Gasteiger partial charge is 0.300 e. The van der Waals surface area contributed by atoms with Crippen molar-refractivity contribution in [3.8, 4) is 0 Å². The van der Waals surface area contributed by atoms with Gasteiger partial charge in [-0.3, -0.25) is 4.79 Å². The molecule has 0 spiro atoms. The van der Waals surface area contributed by atoms with Crippen LogP contribution in [0.15, 0.2) is 29.2 Å². The lowest BCUT2D eigenvalue weighted by atomic mass is 10.2. The Hall–Kier alpha value is -1.16. The highest BCUT2D eigenvalue weighted by Gasteiger charge is 2.34. The standard InChI is InChI=1S/C12H14O3S/c1-9-4-2-3-5-12(9)16(14,15)11-7-6-10(13)8-11/h2-5,11H,6-8H2,1H3. The van der Waals surface area contributed by atoms with Gasteiger partial charge in [0.1, 0.15) is 5.78 Å². The van der Waals surface area contributed by atoms with Gasteiger partial charge in [0.15, 0.2) is 9.84 Å².